The highest BCUT2D eigenvalue weighted by Crippen LogP contribution is 2.23. The molecule has 1 aromatic heterocycles. The number of ether oxygens (including phenoxy) is 1. The van der Waals surface area contributed by atoms with E-state index in [-0.39, 0.29) is 6.42 Å². The lowest BCUT2D eigenvalue weighted by molar-refractivity contribution is -0.136. The van der Waals surface area contributed by atoms with E-state index in [1.54, 1.807) is 30.3 Å². The lowest BCUT2D eigenvalue weighted by Gasteiger charge is -2.09. The average Bonchev–Trinajstić information content (AvgIpc) is 2.89. The number of carbonyl (C=O) groups is 1. The minimum atomic E-state index is -0.812. The maximum absolute atomic E-state index is 10.6. The maximum atomic E-state index is 10.6. The molecule has 6 nitrogen and oxygen atoms in total. The van der Waals surface area contributed by atoms with Crippen molar-refractivity contribution < 1.29 is 14.6 Å². The minimum Gasteiger partial charge on any atom is -0.494 e. The van der Waals surface area contributed by atoms with Crippen molar-refractivity contribution in [1.29, 1.82) is 0 Å². The van der Waals surface area contributed by atoms with Gasteiger partial charge in [0.05, 0.1) is 19.5 Å². The molecule has 0 unspecified atom stereocenters. The van der Waals surface area contributed by atoms with Crippen LogP contribution < -0.4 is 4.74 Å². The number of benzene rings is 1. The van der Waals surface area contributed by atoms with Gasteiger partial charge in [-0.2, -0.15) is 0 Å². The summed E-state index contributed by atoms with van der Waals surface area (Å²) < 4.78 is 6.83. The number of hydrogen-bond acceptors (Lipinski definition) is 4. The number of aromatic nitrogens is 3. The van der Waals surface area contributed by atoms with Gasteiger partial charge >= 0.3 is 5.97 Å². The van der Waals surface area contributed by atoms with Crippen LogP contribution in [0.15, 0.2) is 30.6 Å². The fraction of sp³-hybridized carbons (Fsp3) is 0.250. The SMILES string of the molecule is COc1ccc(CCC(=O)O)cc1-n1ccnn1. The van der Waals surface area contributed by atoms with Crippen LogP contribution in [0.2, 0.25) is 0 Å². The van der Waals surface area contributed by atoms with E-state index >= 15 is 0 Å². The lowest BCUT2D eigenvalue weighted by Crippen LogP contribution is -2.02. The monoisotopic (exact) mass is 247 g/mol. The Morgan fingerprint density at radius 2 is 2.33 bits per heavy atom. The van der Waals surface area contributed by atoms with Crippen LogP contribution in [0.4, 0.5) is 0 Å². The van der Waals surface area contributed by atoms with Crippen LogP contribution in [0.1, 0.15) is 12.0 Å². The van der Waals surface area contributed by atoms with Crippen LogP contribution in [0.25, 0.3) is 5.69 Å². The van der Waals surface area contributed by atoms with E-state index in [0.29, 0.717) is 12.2 Å². The molecule has 1 aromatic carbocycles. The highest BCUT2D eigenvalue weighted by molar-refractivity contribution is 5.67. The number of nitrogens with zero attached hydrogens (tertiary/aromatic N) is 3. The van der Waals surface area contributed by atoms with Crippen LogP contribution in [0.3, 0.4) is 0 Å². The van der Waals surface area contributed by atoms with Gasteiger partial charge in [-0.15, -0.1) is 5.10 Å². The predicted octanol–water partition coefficient (Wildman–Crippen LogP) is 1.29. The summed E-state index contributed by atoms with van der Waals surface area (Å²) in [6, 6.07) is 5.51. The van der Waals surface area contributed by atoms with Crippen molar-refractivity contribution >= 4 is 5.97 Å². The van der Waals surface area contributed by atoms with Gasteiger partial charge in [-0.25, -0.2) is 4.68 Å². The Balaban J connectivity index is 2.31. The molecule has 6 heteroatoms. The van der Waals surface area contributed by atoms with Gasteiger partial charge in [0.15, 0.2) is 0 Å². The van der Waals surface area contributed by atoms with Gasteiger partial charge in [-0.1, -0.05) is 11.3 Å². The third-order valence-corrected chi connectivity index (χ3v) is 2.54. The van der Waals surface area contributed by atoms with Gasteiger partial charge in [0.2, 0.25) is 0 Å². The molecule has 0 bridgehead atoms. The van der Waals surface area contributed by atoms with Crippen molar-refractivity contribution in [3.63, 3.8) is 0 Å². The maximum Gasteiger partial charge on any atom is 0.303 e. The number of carboxylic acid groups (broad SMARTS) is 1. The van der Waals surface area contributed by atoms with Crippen LogP contribution in [0, 0.1) is 0 Å². The molecule has 0 aliphatic rings. The molecule has 0 spiro atoms. The molecule has 2 aromatic rings. The van der Waals surface area contributed by atoms with Crippen LogP contribution in [0.5, 0.6) is 5.75 Å². The molecule has 0 aliphatic carbocycles. The molecule has 18 heavy (non-hydrogen) atoms. The fourth-order valence-corrected chi connectivity index (χ4v) is 1.66. The van der Waals surface area contributed by atoms with E-state index in [2.05, 4.69) is 10.3 Å². The third-order valence-electron chi connectivity index (χ3n) is 2.54. The first-order chi connectivity index (χ1) is 8.70. The number of aryl methyl sites for hydroxylation is 1. The Kier molecular flexibility index (Phi) is 3.57. The van der Waals surface area contributed by atoms with Crippen LogP contribution in [-0.4, -0.2) is 33.2 Å². The van der Waals surface area contributed by atoms with Crippen molar-refractivity contribution in [2.75, 3.05) is 7.11 Å². The number of rotatable bonds is 5. The van der Waals surface area contributed by atoms with E-state index in [1.807, 2.05) is 12.1 Å². The summed E-state index contributed by atoms with van der Waals surface area (Å²) in [4.78, 5) is 10.6. The summed E-state index contributed by atoms with van der Waals surface area (Å²) in [5.74, 6) is -0.146. The minimum absolute atomic E-state index is 0.100. The summed E-state index contributed by atoms with van der Waals surface area (Å²) in [6.45, 7) is 0. The largest absolute Gasteiger partial charge is 0.494 e. The Bertz CT molecular complexity index is 538. The Hall–Kier alpha value is -2.37. The quantitative estimate of drug-likeness (QED) is 0.861. The molecular weight excluding hydrogens is 234 g/mol. The van der Waals surface area contributed by atoms with Crippen molar-refractivity contribution in [1.82, 2.24) is 15.0 Å². The highest BCUT2D eigenvalue weighted by atomic mass is 16.5. The standard InChI is InChI=1S/C12H13N3O3/c1-18-11-4-2-9(3-5-12(16)17)8-10(11)15-7-6-13-14-15/h2,4,6-8H,3,5H2,1H3,(H,16,17). The van der Waals surface area contributed by atoms with Crippen molar-refractivity contribution in [2.24, 2.45) is 0 Å². The van der Waals surface area contributed by atoms with Gasteiger partial charge in [-0.3, -0.25) is 4.79 Å². The molecule has 0 amide bonds. The first-order valence-electron chi connectivity index (χ1n) is 5.46. The van der Waals surface area contributed by atoms with E-state index < -0.39 is 5.97 Å². The van der Waals surface area contributed by atoms with Gasteiger partial charge in [-0.05, 0) is 24.1 Å². The molecule has 94 valence electrons. The molecule has 0 saturated carbocycles. The zero-order chi connectivity index (χ0) is 13.0. The van der Waals surface area contributed by atoms with E-state index in [0.717, 1.165) is 11.3 Å². The van der Waals surface area contributed by atoms with E-state index in [1.165, 1.54) is 0 Å². The zero-order valence-corrected chi connectivity index (χ0v) is 9.91. The van der Waals surface area contributed by atoms with Gasteiger partial charge in [0.25, 0.3) is 0 Å². The van der Waals surface area contributed by atoms with Gasteiger partial charge < -0.3 is 9.84 Å². The molecular formula is C12H13N3O3. The first-order valence-corrected chi connectivity index (χ1v) is 5.46. The molecule has 0 saturated heterocycles. The van der Waals surface area contributed by atoms with Crippen molar-refractivity contribution in [2.45, 2.75) is 12.8 Å². The van der Waals surface area contributed by atoms with Crippen molar-refractivity contribution in [3.8, 4) is 11.4 Å². The number of methoxy groups -OCH3 is 1. The summed E-state index contributed by atoms with van der Waals surface area (Å²) in [6.07, 6.45) is 3.85. The second kappa shape index (κ2) is 5.31. The smallest absolute Gasteiger partial charge is 0.303 e. The average molecular weight is 247 g/mol. The lowest BCUT2D eigenvalue weighted by atomic mass is 10.1. The van der Waals surface area contributed by atoms with Crippen molar-refractivity contribution in [3.05, 3.63) is 36.2 Å². The second-order valence-corrected chi connectivity index (χ2v) is 3.75. The molecule has 2 rings (SSSR count). The topological polar surface area (TPSA) is 77.2 Å². The van der Waals surface area contributed by atoms with Crippen LogP contribution >= 0.6 is 0 Å². The number of carboxylic acids is 1. The Morgan fingerprint density at radius 3 is 2.94 bits per heavy atom. The second-order valence-electron chi connectivity index (χ2n) is 3.75. The predicted molar refractivity (Wildman–Crippen MR) is 63.9 cm³/mol. The Morgan fingerprint density at radius 1 is 1.50 bits per heavy atom. The first kappa shape index (κ1) is 12.1. The van der Waals surface area contributed by atoms with E-state index in [9.17, 15) is 4.79 Å². The molecule has 1 N–H and O–H groups in total. The highest BCUT2D eigenvalue weighted by Gasteiger charge is 2.08. The number of hydrogen-bond donors (Lipinski definition) is 1. The summed E-state index contributed by atoms with van der Waals surface area (Å²) in [7, 11) is 1.58. The normalized spacial score (nSPS) is 10.3. The molecule has 0 fully saturated rings. The summed E-state index contributed by atoms with van der Waals surface area (Å²) in [5.41, 5.74) is 1.67. The zero-order valence-electron chi connectivity index (χ0n) is 9.91. The van der Waals surface area contributed by atoms with Crippen LogP contribution in [-0.2, 0) is 11.2 Å². The fourth-order valence-electron chi connectivity index (χ4n) is 1.66. The Labute approximate surface area is 104 Å². The number of aliphatic carboxylic acids is 1. The van der Waals surface area contributed by atoms with E-state index in [4.69, 9.17) is 9.84 Å². The third kappa shape index (κ3) is 2.65. The molecule has 0 aliphatic heterocycles. The summed E-state index contributed by atoms with van der Waals surface area (Å²) >= 11 is 0. The molecule has 0 radical (unpaired) electrons. The molecule has 0 atom stereocenters. The van der Waals surface area contributed by atoms with Gasteiger partial charge in [0, 0.05) is 6.42 Å². The molecule has 1 heterocycles. The van der Waals surface area contributed by atoms with Gasteiger partial charge in [0.1, 0.15) is 11.4 Å². The summed E-state index contributed by atoms with van der Waals surface area (Å²) in [5, 5.41) is 16.3.